The molecule has 0 spiro atoms. The first kappa shape index (κ1) is 14.4. The summed E-state index contributed by atoms with van der Waals surface area (Å²) in [6.07, 6.45) is 5.43. The molecule has 0 unspecified atom stereocenters. The number of nitrogens with zero attached hydrogens (tertiary/aromatic N) is 6. The molecule has 7 nitrogen and oxygen atoms in total. The van der Waals surface area contributed by atoms with Crippen LogP contribution in [0.3, 0.4) is 0 Å². The van der Waals surface area contributed by atoms with E-state index < -0.39 is 0 Å². The number of aryl methyl sites for hydroxylation is 1. The Kier molecular flexibility index (Phi) is 3.66. The number of benzene rings is 1. The molecule has 0 radical (unpaired) electrons. The first-order valence-electron chi connectivity index (χ1n) is 7.74. The first-order chi connectivity index (χ1) is 11.8. The standard InChI is InChI=1S/C17H17N7/c1-13-7-16(24-17(22-13)19-12-21-24)18-8-15-9-20-23(11-15)10-14-5-3-2-4-6-14/h2-7,9,11-12,18H,8,10H2,1H3. The van der Waals surface area contributed by atoms with Crippen molar-refractivity contribution in [2.45, 2.75) is 20.0 Å². The molecule has 1 aromatic carbocycles. The van der Waals surface area contributed by atoms with Crippen LogP contribution in [0.15, 0.2) is 55.1 Å². The number of hydrogen-bond acceptors (Lipinski definition) is 5. The Morgan fingerprint density at radius 1 is 1.08 bits per heavy atom. The van der Waals surface area contributed by atoms with E-state index in [1.54, 1.807) is 4.52 Å². The number of fused-ring (bicyclic) bond motifs is 1. The monoisotopic (exact) mass is 319 g/mol. The molecule has 0 saturated carbocycles. The van der Waals surface area contributed by atoms with Crippen LogP contribution in [-0.4, -0.2) is 29.4 Å². The topological polar surface area (TPSA) is 72.9 Å². The lowest BCUT2D eigenvalue weighted by Gasteiger charge is -2.07. The van der Waals surface area contributed by atoms with Crippen LogP contribution in [0.1, 0.15) is 16.8 Å². The van der Waals surface area contributed by atoms with E-state index in [4.69, 9.17) is 0 Å². The van der Waals surface area contributed by atoms with Crippen molar-refractivity contribution in [3.8, 4) is 0 Å². The molecule has 3 aromatic heterocycles. The molecule has 0 aliphatic heterocycles. The van der Waals surface area contributed by atoms with Gasteiger partial charge in [0.15, 0.2) is 0 Å². The highest BCUT2D eigenvalue weighted by atomic mass is 15.4. The molecule has 1 N–H and O–H groups in total. The molecule has 0 aliphatic rings. The molecule has 4 rings (SSSR count). The van der Waals surface area contributed by atoms with Gasteiger partial charge >= 0.3 is 0 Å². The van der Waals surface area contributed by atoms with E-state index in [-0.39, 0.29) is 0 Å². The van der Waals surface area contributed by atoms with Crippen LogP contribution in [0.25, 0.3) is 5.78 Å². The third-order valence-electron chi connectivity index (χ3n) is 3.73. The summed E-state index contributed by atoms with van der Waals surface area (Å²) < 4.78 is 3.64. The molecular weight excluding hydrogens is 302 g/mol. The van der Waals surface area contributed by atoms with E-state index in [1.807, 2.05) is 48.3 Å². The quantitative estimate of drug-likeness (QED) is 0.611. The normalized spacial score (nSPS) is 11.0. The highest BCUT2D eigenvalue weighted by Gasteiger charge is 2.06. The van der Waals surface area contributed by atoms with Crippen molar-refractivity contribution in [1.82, 2.24) is 29.4 Å². The van der Waals surface area contributed by atoms with Crippen LogP contribution in [0.5, 0.6) is 0 Å². The van der Waals surface area contributed by atoms with Gasteiger partial charge in [-0.1, -0.05) is 30.3 Å². The minimum atomic E-state index is 0.595. The van der Waals surface area contributed by atoms with Crippen LogP contribution in [0.4, 0.5) is 5.82 Å². The van der Waals surface area contributed by atoms with Gasteiger partial charge in [0.2, 0.25) is 0 Å². The lowest BCUT2D eigenvalue weighted by Crippen LogP contribution is -2.06. The predicted octanol–water partition coefficient (Wildman–Crippen LogP) is 2.29. The molecule has 7 heteroatoms. The van der Waals surface area contributed by atoms with Crippen LogP contribution in [-0.2, 0) is 13.1 Å². The summed E-state index contributed by atoms with van der Waals surface area (Å²) in [4.78, 5) is 8.47. The molecule has 4 aromatic rings. The van der Waals surface area contributed by atoms with Crippen molar-refractivity contribution in [3.05, 3.63) is 71.9 Å². The first-order valence-corrected chi connectivity index (χ1v) is 7.74. The second-order valence-electron chi connectivity index (χ2n) is 5.64. The largest absolute Gasteiger partial charge is 0.366 e. The second kappa shape index (κ2) is 6.11. The number of nitrogens with one attached hydrogen (secondary N) is 1. The van der Waals surface area contributed by atoms with Gasteiger partial charge < -0.3 is 5.32 Å². The number of rotatable bonds is 5. The van der Waals surface area contributed by atoms with Crippen LogP contribution in [0.2, 0.25) is 0 Å². The Balaban J connectivity index is 1.47. The molecule has 3 heterocycles. The molecule has 0 aliphatic carbocycles. The molecule has 120 valence electrons. The van der Waals surface area contributed by atoms with E-state index in [0.29, 0.717) is 12.3 Å². The predicted molar refractivity (Wildman–Crippen MR) is 90.6 cm³/mol. The minimum Gasteiger partial charge on any atom is -0.366 e. The van der Waals surface area contributed by atoms with Gasteiger partial charge in [-0.25, -0.2) is 4.98 Å². The molecule has 0 saturated heterocycles. The summed E-state index contributed by atoms with van der Waals surface area (Å²) in [6.45, 7) is 3.37. The zero-order chi connectivity index (χ0) is 16.4. The molecule has 0 fully saturated rings. The van der Waals surface area contributed by atoms with Crippen molar-refractivity contribution >= 4 is 11.6 Å². The number of anilines is 1. The van der Waals surface area contributed by atoms with Crippen LogP contribution >= 0.6 is 0 Å². The number of aromatic nitrogens is 6. The summed E-state index contributed by atoms with van der Waals surface area (Å²) in [6, 6.07) is 12.2. The van der Waals surface area contributed by atoms with Gasteiger partial charge in [0.05, 0.1) is 12.7 Å². The van der Waals surface area contributed by atoms with E-state index in [1.165, 1.54) is 11.9 Å². The van der Waals surface area contributed by atoms with Gasteiger partial charge in [-0.05, 0) is 12.5 Å². The average Bonchev–Trinajstić information content (AvgIpc) is 3.22. The van der Waals surface area contributed by atoms with Gasteiger partial charge in [-0.3, -0.25) is 4.68 Å². The third kappa shape index (κ3) is 2.96. The average molecular weight is 319 g/mol. The Hall–Kier alpha value is -3.22. The molecule has 0 amide bonds. The fourth-order valence-electron chi connectivity index (χ4n) is 2.60. The van der Waals surface area contributed by atoms with Crippen molar-refractivity contribution in [3.63, 3.8) is 0 Å². The Morgan fingerprint density at radius 3 is 2.83 bits per heavy atom. The summed E-state index contributed by atoms with van der Waals surface area (Å²) >= 11 is 0. The van der Waals surface area contributed by atoms with Gasteiger partial charge in [0, 0.05) is 30.1 Å². The maximum atomic E-state index is 4.42. The SMILES string of the molecule is Cc1cc(NCc2cnn(Cc3ccccc3)c2)n2ncnc2n1. The van der Waals surface area contributed by atoms with Gasteiger partial charge in [-0.2, -0.15) is 19.7 Å². The van der Waals surface area contributed by atoms with E-state index in [0.717, 1.165) is 23.6 Å². The fourth-order valence-corrected chi connectivity index (χ4v) is 2.60. The van der Waals surface area contributed by atoms with Crippen LogP contribution < -0.4 is 5.32 Å². The maximum Gasteiger partial charge on any atom is 0.254 e. The molecule has 0 atom stereocenters. The smallest absolute Gasteiger partial charge is 0.254 e. The Labute approximate surface area is 139 Å². The fraction of sp³-hybridized carbons (Fsp3) is 0.176. The summed E-state index contributed by atoms with van der Waals surface area (Å²) in [7, 11) is 0. The zero-order valence-electron chi connectivity index (χ0n) is 13.3. The van der Waals surface area contributed by atoms with Gasteiger partial charge in [0.25, 0.3) is 5.78 Å². The highest BCUT2D eigenvalue weighted by molar-refractivity contribution is 5.44. The molecular formula is C17H17N7. The summed E-state index contributed by atoms with van der Waals surface area (Å²) in [5.41, 5.74) is 3.24. The zero-order valence-corrected chi connectivity index (χ0v) is 13.3. The van der Waals surface area contributed by atoms with Gasteiger partial charge in [0.1, 0.15) is 12.1 Å². The Bertz CT molecular complexity index is 955. The third-order valence-corrected chi connectivity index (χ3v) is 3.73. The van der Waals surface area contributed by atoms with E-state index in [9.17, 15) is 0 Å². The van der Waals surface area contributed by atoms with E-state index in [2.05, 4.69) is 37.6 Å². The van der Waals surface area contributed by atoms with Crippen LogP contribution in [0, 0.1) is 6.92 Å². The van der Waals surface area contributed by atoms with Crippen molar-refractivity contribution in [2.75, 3.05) is 5.32 Å². The van der Waals surface area contributed by atoms with Crippen molar-refractivity contribution < 1.29 is 0 Å². The lowest BCUT2D eigenvalue weighted by molar-refractivity contribution is 0.686. The molecule has 24 heavy (non-hydrogen) atoms. The number of hydrogen-bond donors (Lipinski definition) is 1. The summed E-state index contributed by atoms with van der Waals surface area (Å²) in [5.74, 6) is 1.46. The highest BCUT2D eigenvalue weighted by Crippen LogP contribution is 2.12. The lowest BCUT2D eigenvalue weighted by atomic mass is 10.2. The second-order valence-corrected chi connectivity index (χ2v) is 5.64. The molecule has 0 bridgehead atoms. The van der Waals surface area contributed by atoms with Crippen molar-refractivity contribution in [2.24, 2.45) is 0 Å². The van der Waals surface area contributed by atoms with Gasteiger partial charge in [-0.15, -0.1) is 0 Å². The summed E-state index contributed by atoms with van der Waals surface area (Å²) in [5, 5.41) is 12.0. The minimum absolute atomic E-state index is 0.595. The Morgan fingerprint density at radius 2 is 1.96 bits per heavy atom. The maximum absolute atomic E-state index is 4.42. The van der Waals surface area contributed by atoms with E-state index >= 15 is 0 Å². The van der Waals surface area contributed by atoms with Crippen molar-refractivity contribution in [1.29, 1.82) is 0 Å².